The van der Waals surface area contributed by atoms with Gasteiger partial charge in [0.15, 0.2) is 5.78 Å². The van der Waals surface area contributed by atoms with Crippen molar-refractivity contribution in [3.05, 3.63) is 59.2 Å². The van der Waals surface area contributed by atoms with E-state index in [9.17, 15) is 9.59 Å². The van der Waals surface area contributed by atoms with Gasteiger partial charge in [-0.25, -0.2) is 0 Å². The maximum absolute atomic E-state index is 12.7. The number of benzene rings is 2. The minimum Gasteiger partial charge on any atom is -0.496 e. The number of hydrogen-bond acceptors (Lipinski definition) is 6. The van der Waals surface area contributed by atoms with Crippen LogP contribution >= 0.6 is 0 Å². The van der Waals surface area contributed by atoms with Crippen molar-refractivity contribution in [1.29, 1.82) is 0 Å². The van der Waals surface area contributed by atoms with Gasteiger partial charge in [-0.15, -0.1) is 0 Å². The number of rotatable bonds is 8. The Kier molecular flexibility index (Phi) is 8.31. The molecule has 0 aliphatic heterocycles. The summed E-state index contributed by atoms with van der Waals surface area (Å²) < 4.78 is 21.5. The predicted molar refractivity (Wildman–Crippen MR) is 129 cm³/mol. The van der Waals surface area contributed by atoms with Crippen LogP contribution in [0.25, 0.3) is 6.08 Å². The van der Waals surface area contributed by atoms with Gasteiger partial charge in [-0.1, -0.05) is 20.8 Å². The summed E-state index contributed by atoms with van der Waals surface area (Å²) in [4.78, 5) is 24.5. The van der Waals surface area contributed by atoms with E-state index in [2.05, 4.69) is 20.8 Å². The number of carbonyl (C=O) groups is 2. The Labute approximate surface area is 196 Å². The smallest absolute Gasteiger partial charge is 0.314 e. The lowest BCUT2D eigenvalue weighted by Crippen LogP contribution is -2.24. The van der Waals surface area contributed by atoms with Crippen LogP contribution in [0, 0.1) is 5.41 Å². The summed E-state index contributed by atoms with van der Waals surface area (Å²) in [5.41, 5.74) is 1.59. The van der Waals surface area contributed by atoms with Crippen molar-refractivity contribution in [2.24, 2.45) is 5.41 Å². The molecule has 2 aromatic rings. The van der Waals surface area contributed by atoms with E-state index in [1.807, 2.05) is 12.1 Å². The van der Waals surface area contributed by atoms with Crippen LogP contribution in [0.2, 0.25) is 0 Å². The topological polar surface area (TPSA) is 71.1 Å². The molecule has 0 saturated carbocycles. The molecule has 0 aliphatic rings. The number of ether oxygens (including phenoxy) is 4. The van der Waals surface area contributed by atoms with Crippen molar-refractivity contribution in [3.8, 4) is 17.2 Å². The third kappa shape index (κ3) is 7.11. The summed E-state index contributed by atoms with van der Waals surface area (Å²) in [7, 11) is 3.22. The molecule has 178 valence electrons. The van der Waals surface area contributed by atoms with E-state index in [0.717, 1.165) is 16.9 Å². The summed E-state index contributed by atoms with van der Waals surface area (Å²) in [6.07, 6.45) is 3.25. The third-order valence-corrected chi connectivity index (χ3v) is 4.94. The average molecular weight is 455 g/mol. The normalized spacial score (nSPS) is 11.9. The fourth-order valence-corrected chi connectivity index (χ4v) is 2.98. The quantitative estimate of drug-likeness (QED) is 0.217. The summed E-state index contributed by atoms with van der Waals surface area (Å²) >= 11 is 0. The molecule has 2 rings (SSSR count). The molecule has 0 N–H and O–H groups in total. The first-order valence-electron chi connectivity index (χ1n) is 10.8. The highest BCUT2D eigenvalue weighted by molar-refractivity contribution is 6.07. The number of methoxy groups -OCH3 is 2. The maximum Gasteiger partial charge on any atom is 0.314 e. The van der Waals surface area contributed by atoms with Crippen molar-refractivity contribution >= 4 is 17.8 Å². The molecule has 0 radical (unpaired) electrons. The van der Waals surface area contributed by atoms with Gasteiger partial charge in [-0.05, 0) is 68.7 Å². The molecule has 0 heterocycles. The third-order valence-electron chi connectivity index (χ3n) is 4.94. The second-order valence-corrected chi connectivity index (χ2v) is 9.71. The maximum atomic E-state index is 12.7. The zero-order chi connectivity index (χ0) is 24.8. The predicted octanol–water partition coefficient (Wildman–Crippen LogP) is 5.82. The zero-order valence-corrected chi connectivity index (χ0v) is 20.8. The molecule has 0 spiro atoms. The van der Waals surface area contributed by atoms with Gasteiger partial charge in [0, 0.05) is 22.8 Å². The molecule has 0 aliphatic carbocycles. The van der Waals surface area contributed by atoms with Crippen LogP contribution in [0.15, 0.2) is 42.5 Å². The Bertz CT molecular complexity index is 1000. The summed E-state index contributed by atoms with van der Waals surface area (Å²) in [6, 6.07) is 10.5. The van der Waals surface area contributed by atoms with E-state index in [0.29, 0.717) is 17.1 Å². The monoisotopic (exact) mass is 454 g/mol. The standard InChI is InChI=1S/C27H34O6/c1-26(2,3)21-15-19(23(30-7)16-24(21)31-8)11-14-22(28)18-9-12-20(13-10-18)32-17-33-25(29)27(4,5)6/h9-16H,17H2,1-8H3. The molecule has 33 heavy (non-hydrogen) atoms. The molecule has 2 aromatic carbocycles. The van der Waals surface area contributed by atoms with Crippen molar-refractivity contribution in [1.82, 2.24) is 0 Å². The van der Waals surface area contributed by atoms with Crippen LogP contribution in [0.3, 0.4) is 0 Å². The molecule has 0 unspecified atom stereocenters. The van der Waals surface area contributed by atoms with Gasteiger partial charge in [-0.2, -0.15) is 0 Å². The van der Waals surface area contributed by atoms with Gasteiger partial charge >= 0.3 is 5.97 Å². The fourth-order valence-electron chi connectivity index (χ4n) is 2.98. The lowest BCUT2D eigenvalue weighted by molar-refractivity contribution is -0.159. The number of carbonyl (C=O) groups excluding carboxylic acids is 2. The van der Waals surface area contributed by atoms with Gasteiger partial charge in [-0.3, -0.25) is 9.59 Å². The molecule has 6 nitrogen and oxygen atoms in total. The molecular weight excluding hydrogens is 420 g/mol. The van der Waals surface area contributed by atoms with Crippen LogP contribution in [-0.2, 0) is 14.9 Å². The first-order chi connectivity index (χ1) is 15.4. The molecule has 6 heteroatoms. The van der Waals surface area contributed by atoms with Crippen molar-refractivity contribution < 1.29 is 28.5 Å². The Hall–Kier alpha value is -3.28. The fraction of sp³-hybridized carbons (Fsp3) is 0.407. The molecule has 0 bridgehead atoms. The number of hydrogen-bond donors (Lipinski definition) is 0. The van der Waals surface area contributed by atoms with E-state index in [1.54, 1.807) is 65.3 Å². The van der Waals surface area contributed by atoms with E-state index in [-0.39, 0.29) is 24.0 Å². The van der Waals surface area contributed by atoms with Gasteiger partial charge in [0.2, 0.25) is 6.79 Å². The zero-order valence-electron chi connectivity index (χ0n) is 20.8. The first-order valence-corrected chi connectivity index (χ1v) is 10.8. The van der Waals surface area contributed by atoms with Crippen LogP contribution < -0.4 is 14.2 Å². The highest BCUT2D eigenvalue weighted by Gasteiger charge is 2.23. The Morgan fingerprint density at radius 2 is 1.48 bits per heavy atom. The minimum absolute atomic E-state index is 0.138. The second kappa shape index (κ2) is 10.6. The minimum atomic E-state index is -0.591. The summed E-state index contributed by atoms with van der Waals surface area (Å²) in [5.74, 6) is 1.37. The van der Waals surface area contributed by atoms with Gasteiger partial charge in [0.05, 0.1) is 19.6 Å². The molecule has 0 aromatic heterocycles. The van der Waals surface area contributed by atoms with Crippen LogP contribution in [0.4, 0.5) is 0 Å². The highest BCUT2D eigenvalue weighted by Crippen LogP contribution is 2.37. The molecule has 0 fully saturated rings. The van der Waals surface area contributed by atoms with E-state index >= 15 is 0 Å². The van der Waals surface area contributed by atoms with E-state index < -0.39 is 5.41 Å². The van der Waals surface area contributed by atoms with Gasteiger partial charge < -0.3 is 18.9 Å². The molecule has 0 atom stereocenters. The number of esters is 1. The van der Waals surface area contributed by atoms with Crippen LogP contribution in [-0.4, -0.2) is 32.8 Å². The van der Waals surface area contributed by atoms with Crippen LogP contribution in [0.5, 0.6) is 17.2 Å². The molecular formula is C27H34O6. The van der Waals surface area contributed by atoms with Gasteiger partial charge in [0.25, 0.3) is 0 Å². The van der Waals surface area contributed by atoms with Crippen molar-refractivity contribution in [2.45, 2.75) is 47.0 Å². The van der Waals surface area contributed by atoms with E-state index in [1.165, 1.54) is 6.08 Å². The summed E-state index contributed by atoms with van der Waals surface area (Å²) in [5, 5.41) is 0. The van der Waals surface area contributed by atoms with E-state index in [4.69, 9.17) is 18.9 Å². The lowest BCUT2D eigenvalue weighted by Gasteiger charge is -2.23. The number of allylic oxidation sites excluding steroid dienone is 1. The molecule has 0 saturated heterocycles. The number of ketones is 1. The Balaban J connectivity index is 2.12. The lowest BCUT2D eigenvalue weighted by atomic mass is 9.85. The van der Waals surface area contributed by atoms with Crippen LogP contribution in [0.1, 0.15) is 63.0 Å². The summed E-state index contributed by atoms with van der Waals surface area (Å²) in [6.45, 7) is 11.4. The van der Waals surface area contributed by atoms with Gasteiger partial charge in [0.1, 0.15) is 17.2 Å². The largest absolute Gasteiger partial charge is 0.496 e. The SMILES string of the molecule is COc1cc(OC)c(C(C)(C)C)cc1C=CC(=O)c1ccc(OCOC(=O)C(C)(C)C)cc1. The second-order valence-electron chi connectivity index (χ2n) is 9.71. The Morgan fingerprint density at radius 1 is 0.879 bits per heavy atom. The van der Waals surface area contributed by atoms with Crippen molar-refractivity contribution in [2.75, 3.05) is 21.0 Å². The van der Waals surface area contributed by atoms with Crippen molar-refractivity contribution in [3.63, 3.8) is 0 Å². The first kappa shape index (κ1) is 26.0. The Morgan fingerprint density at radius 3 is 2.00 bits per heavy atom. The highest BCUT2D eigenvalue weighted by atomic mass is 16.7. The molecule has 0 amide bonds. The average Bonchev–Trinajstić information content (AvgIpc) is 2.75.